The van der Waals surface area contributed by atoms with Gasteiger partial charge in [0.25, 0.3) is 0 Å². The Balaban J connectivity index is 3.82. The van der Waals surface area contributed by atoms with E-state index in [4.69, 9.17) is 9.47 Å². The van der Waals surface area contributed by atoms with Crippen LogP contribution in [0, 0.1) is 0 Å². The zero-order valence-electron chi connectivity index (χ0n) is 10.5. The Bertz CT molecular complexity index is 253. The molecule has 5 nitrogen and oxygen atoms in total. The molecule has 0 fully saturated rings. The third kappa shape index (κ3) is 8.30. The third-order valence-corrected chi connectivity index (χ3v) is 2.11. The van der Waals surface area contributed by atoms with Gasteiger partial charge in [-0.3, -0.25) is 0 Å². The van der Waals surface area contributed by atoms with Crippen LogP contribution in [0.2, 0.25) is 0 Å². The van der Waals surface area contributed by atoms with Gasteiger partial charge in [-0.15, -0.1) is 0 Å². The van der Waals surface area contributed by atoms with E-state index < -0.39 is 18.2 Å². The van der Waals surface area contributed by atoms with Gasteiger partial charge >= 0.3 is 12.1 Å². The molecule has 0 aliphatic carbocycles. The summed E-state index contributed by atoms with van der Waals surface area (Å²) >= 11 is 0. The number of nitrogens with one attached hydrogen (secondary N) is 1. The molecule has 0 aromatic heterocycles. The normalized spacial score (nSPS) is 11.4. The predicted molar refractivity (Wildman–Crippen MR) is 64.6 cm³/mol. The molecular formula is C12H21NO4. The average molecular weight is 243 g/mol. The van der Waals surface area contributed by atoms with Gasteiger partial charge in [-0.05, 0) is 12.8 Å². The lowest BCUT2D eigenvalue weighted by Gasteiger charge is -2.16. The summed E-state index contributed by atoms with van der Waals surface area (Å²) in [6.45, 7) is 7.83. The zero-order valence-corrected chi connectivity index (χ0v) is 10.5. The van der Waals surface area contributed by atoms with Crippen LogP contribution < -0.4 is 5.32 Å². The van der Waals surface area contributed by atoms with Crippen molar-refractivity contribution in [2.24, 2.45) is 0 Å². The number of alkyl carbamates (subject to hydrolysis) is 1. The van der Waals surface area contributed by atoms with Crippen molar-refractivity contribution in [3.05, 3.63) is 12.7 Å². The van der Waals surface area contributed by atoms with Crippen molar-refractivity contribution in [3.63, 3.8) is 0 Å². The lowest BCUT2D eigenvalue weighted by molar-refractivity contribution is -0.140. The zero-order chi connectivity index (χ0) is 13.1. The number of unbranched alkanes of at least 4 members (excludes halogenated alkanes) is 1. The van der Waals surface area contributed by atoms with E-state index in [0.717, 1.165) is 18.9 Å². The third-order valence-electron chi connectivity index (χ3n) is 2.11. The molecule has 0 saturated carbocycles. The van der Waals surface area contributed by atoms with Crippen molar-refractivity contribution in [2.45, 2.75) is 39.2 Å². The van der Waals surface area contributed by atoms with Crippen molar-refractivity contribution in [2.75, 3.05) is 13.2 Å². The fourth-order valence-corrected chi connectivity index (χ4v) is 1.03. The number of amides is 1. The minimum absolute atomic E-state index is 0.0581. The molecule has 0 aliphatic rings. The van der Waals surface area contributed by atoms with Crippen LogP contribution >= 0.6 is 0 Å². The Hall–Kier alpha value is -1.52. The summed E-state index contributed by atoms with van der Waals surface area (Å²) < 4.78 is 9.89. The number of hydrogen-bond acceptors (Lipinski definition) is 4. The smallest absolute Gasteiger partial charge is 0.407 e. The van der Waals surface area contributed by atoms with Crippen molar-refractivity contribution in [1.82, 2.24) is 5.32 Å². The first-order chi connectivity index (χ1) is 8.13. The van der Waals surface area contributed by atoms with Gasteiger partial charge in [0.1, 0.15) is 12.7 Å². The second-order valence-corrected chi connectivity index (χ2v) is 3.55. The largest absolute Gasteiger partial charge is 0.459 e. The summed E-state index contributed by atoms with van der Waals surface area (Å²) in [6.07, 6.45) is 2.70. The highest BCUT2D eigenvalue weighted by Crippen LogP contribution is 2.00. The van der Waals surface area contributed by atoms with E-state index in [2.05, 4.69) is 11.9 Å². The molecule has 1 atom stereocenters. The molecular weight excluding hydrogens is 222 g/mol. The Kier molecular flexibility index (Phi) is 8.82. The highest BCUT2D eigenvalue weighted by Gasteiger charge is 2.13. The molecule has 1 N–H and O–H groups in total. The van der Waals surface area contributed by atoms with Crippen LogP contribution in [0.25, 0.3) is 0 Å². The molecule has 5 heteroatoms. The predicted octanol–water partition coefficient (Wildman–Crippen LogP) is 2.02. The summed E-state index contributed by atoms with van der Waals surface area (Å²) in [7, 11) is 0. The van der Waals surface area contributed by atoms with Gasteiger partial charge < -0.3 is 14.8 Å². The second kappa shape index (κ2) is 9.69. The van der Waals surface area contributed by atoms with Crippen LogP contribution in [0.15, 0.2) is 12.7 Å². The van der Waals surface area contributed by atoms with E-state index in [-0.39, 0.29) is 6.61 Å². The van der Waals surface area contributed by atoms with Crippen LogP contribution in [0.3, 0.4) is 0 Å². The monoisotopic (exact) mass is 243 g/mol. The van der Waals surface area contributed by atoms with Gasteiger partial charge in [-0.25, -0.2) is 9.59 Å². The highest BCUT2D eigenvalue weighted by atomic mass is 16.6. The Morgan fingerprint density at radius 1 is 1.41 bits per heavy atom. The SMILES string of the molecule is C=CC(=O)OCC(CC)OC(=O)NCCCC. The first kappa shape index (κ1) is 15.5. The maximum atomic E-state index is 11.3. The molecule has 0 aromatic rings. The standard InChI is InChI=1S/C12H21NO4/c1-4-7-8-13-12(15)17-10(5-2)9-16-11(14)6-3/h6,10H,3-5,7-9H2,1-2H3,(H,13,15). The molecule has 0 aromatic carbocycles. The maximum Gasteiger partial charge on any atom is 0.407 e. The summed E-state index contributed by atoms with van der Waals surface area (Å²) in [5.74, 6) is -0.515. The van der Waals surface area contributed by atoms with Crippen LogP contribution in [0.4, 0.5) is 4.79 Å². The Morgan fingerprint density at radius 2 is 2.12 bits per heavy atom. The van der Waals surface area contributed by atoms with E-state index in [1.807, 2.05) is 13.8 Å². The number of esters is 1. The van der Waals surface area contributed by atoms with Crippen molar-refractivity contribution >= 4 is 12.1 Å². The lowest BCUT2D eigenvalue weighted by Crippen LogP contribution is -2.32. The summed E-state index contributed by atoms with van der Waals surface area (Å²) in [4.78, 5) is 22.1. The minimum atomic E-state index is -0.515. The fraction of sp³-hybridized carbons (Fsp3) is 0.667. The van der Waals surface area contributed by atoms with Crippen LogP contribution in [-0.2, 0) is 14.3 Å². The van der Waals surface area contributed by atoms with E-state index in [0.29, 0.717) is 13.0 Å². The molecule has 0 saturated heterocycles. The molecule has 0 bridgehead atoms. The lowest BCUT2D eigenvalue weighted by atomic mass is 10.3. The Morgan fingerprint density at radius 3 is 2.65 bits per heavy atom. The average Bonchev–Trinajstić information content (AvgIpc) is 2.34. The molecule has 1 amide bonds. The molecule has 98 valence electrons. The molecule has 1 unspecified atom stereocenters. The quantitative estimate of drug-likeness (QED) is 0.402. The van der Waals surface area contributed by atoms with Gasteiger partial charge in [0.05, 0.1) is 0 Å². The molecule has 0 radical (unpaired) electrons. The maximum absolute atomic E-state index is 11.3. The molecule has 17 heavy (non-hydrogen) atoms. The molecule has 0 rings (SSSR count). The van der Waals surface area contributed by atoms with Crippen molar-refractivity contribution in [1.29, 1.82) is 0 Å². The first-order valence-corrected chi connectivity index (χ1v) is 5.87. The molecule has 0 heterocycles. The number of rotatable bonds is 8. The molecule has 0 spiro atoms. The fourth-order valence-electron chi connectivity index (χ4n) is 1.03. The van der Waals surface area contributed by atoms with Gasteiger partial charge in [-0.1, -0.05) is 26.8 Å². The number of carbonyl (C=O) groups is 2. The number of ether oxygens (including phenoxy) is 2. The second-order valence-electron chi connectivity index (χ2n) is 3.55. The number of hydrogen-bond donors (Lipinski definition) is 1. The minimum Gasteiger partial charge on any atom is -0.459 e. The van der Waals surface area contributed by atoms with E-state index in [1.165, 1.54) is 0 Å². The summed E-state index contributed by atoms with van der Waals surface area (Å²) in [6, 6.07) is 0. The van der Waals surface area contributed by atoms with E-state index in [1.54, 1.807) is 0 Å². The van der Waals surface area contributed by atoms with Gasteiger partial charge in [-0.2, -0.15) is 0 Å². The first-order valence-electron chi connectivity index (χ1n) is 5.87. The van der Waals surface area contributed by atoms with Crippen LogP contribution in [-0.4, -0.2) is 31.3 Å². The Labute approximate surface area is 102 Å². The van der Waals surface area contributed by atoms with E-state index in [9.17, 15) is 9.59 Å². The topological polar surface area (TPSA) is 64.6 Å². The summed E-state index contributed by atoms with van der Waals surface area (Å²) in [5.41, 5.74) is 0. The van der Waals surface area contributed by atoms with Gasteiger partial charge in [0, 0.05) is 12.6 Å². The van der Waals surface area contributed by atoms with Gasteiger partial charge in [0.15, 0.2) is 0 Å². The molecule has 0 aliphatic heterocycles. The van der Waals surface area contributed by atoms with Crippen LogP contribution in [0.5, 0.6) is 0 Å². The van der Waals surface area contributed by atoms with Crippen molar-refractivity contribution < 1.29 is 19.1 Å². The van der Waals surface area contributed by atoms with Crippen LogP contribution in [0.1, 0.15) is 33.1 Å². The summed E-state index contributed by atoms with van der Waals surface area (Å²) in [5, 5.41) is 2.63. The highest BCUT2D eigenvalue weighted by molar-refractivity contribution is 5.81. The van der Waals surface area contributed by atoms with Gasteiger partial charge in [0.2, 0.25) is 0 Å². The van der Waals surface area contributed by atoms with E-state index >= 15 is 0 Å². The number of carbonyl (C=O) groups excluding carboxylic acids is 2. The van der Waals surface area contributed by atoms with Crippen molar-refractivity contribution in [3.8, 4) is 0 Å².